The van der Waals surface area contributed by atoms with Crippen molar-refractivity contribution in [3.8, 4) is 0 Å². The maximum atomic E-state index is 12.8. The Kier molecular flexibility index (Phi) is 4.65. The van der Waals surface area contributed by atoms with Gasteiger partial charge in [0.15, 0.2) is 0 Å². The molecule has 1 aromatic rings. The predicted octanol–water partition coefficient (Wildman–Crippen LogP) is 0.387. The van der Waals surface area contributed by atoms with E-state index in [9.17, 15) is 13.2 Å². The molecule has 6 nitrogen and oxygen atoms in total. The second kappa shape index (κ2) is 6.13. The fourth-order valence-corrected chi connectivity index (χ4v) is 4.26. The number of nitrogens with zero attached hydrogens (tertiary/aromatic N) is 2. The van der Waals surface area contributed by atoms with Crippen molar-refractivity contribution < 1.29 is 13.2 Å². The lowest BCUT2D eigenvalue weighted by Gasteiger charge is -2.25. The van der Waals surface area contributed by atoms with Crippen LogP contribution in [0.2, 0.25) is 0 Å². The lowest BCUT2D eigenvalue weighted by atomic mass is 10.2. The van der Waals surface area contributed by atoms with Crippen LogP contribution in [-0.2, 0) is 21.4 Å². The van der Waals surface area contributed by atoms with Crippen molar-refractivity contribution in [2.24, 2.45) is 5.73 Å². The van der Waals surface area contributed by atoms with Crippen molar-refractivity contribution in [2.45, 2.75) is 30.3 Å². The van der Waals surface area contributed by atoms with Crippen LogP contribution in [0.15, 0.2) is 29.2 Å². The maximum Gasteiger partial charge on any atom is 0.243 e. The highest BCUT2D eigenvalue weighted by atomic mass is 32.2. The molecule has 1 aliphatic heterocycles. The molecule has 1 amide bonds. The van der Waals surface area contributed by atoms with E-state index in [0.29, 0.717) is 19.4 Å². The van der Waals surface area contributed by atoms with Crippen molar-refractivity contribution in [3.05, 3.63) is 29.8 Å². The summed E-state index contributed by atoms with van der Waals surface area (Å²) in [5.41, 5.74) is 6.32. The highest BCUT2D eigenvalue weighted by Gasteiger charge is 2.39. The zero-order valence-electron chi connectivity index (χ0n) is 12.3. The highest BCUT2D eigenvalue weighted by molar-refractivity contribution is 7.89. The number of sulfonamides is 1. The van der Waals surface area contributed by atoms with Crippen LogP contribution < -0.4 is 5.73 Å². The normalized spacial score (nSPS) is 19.7. The van der Waals surface area contributed by atoms with Crippen LogP contribution in [0.3, 0.4) is 0 Å². The van der Waals surface area contributed by atoms with E-state index in [2.05, 4.69) is 0 Å². The summed E-state index contributed by atoms with van der Waals surface area (Å²) >= 11 is 0. The molecule has 116 valence electrons. The molecule has 0 spiro atoms. The van der Waals surface area contributed by atoms with Gasteiger partial charge >= 0.3 is 0 Å². The van der Waals surface area contributed by atoms with E-state index in [4.69, 9.17) is 5.73 Å². The van der Waals surface area contributed by atoms with Gasteiger partial charge in [-0.15, -0.1) is 0 Å². The molecular formula is C14H21N3O3S. The van der Waals surface area contributed by atoms with Gasteiger partial charge in [0.1, 0.15) is 6.04 Å². The van der Waals surface area contributed by atoms with Crippen LogP contribution in [-0.4, -0.2) is 50.2 Å². The molecule has 1 atom stereocenters. The molecule has 1 saturated heterocycles. The molecule has 1 aliphatic rings. The molecule has 2 N–H and O–H groups in total. The lowest BCUT2D eigenvalue weighted by Crippen LogP contribution is -2.45. The van der Waals surface area contributed by atoms with Crippen LogP contribution >= 0.6 is 0 Å². The predicted molar refractivity (Wildman–Crippen MR) is 79.9 cm³/mol. The van der Waals surface area contributed by atoms with Crippen LogP contribution in [0.25, 0.3) is 0 Å². The summed E-state index contributed by atoms with van der Waals surface area (Å²) in [7, 11) is -0.390. The van der Waals surface area contributed by atoms with Crippen molar-refractivity contribution >= 4 is 15.9 Å². The molecule has 0 bridgehead atoms. The lowest BCUT2D eigenvalue weighted by molar-refractivity contribution is -0.132. The first-order valence-corrected chi connectivity index (χ1v) is 8.34. The molecule has 1 aromatic carbocycles. The molecule has 0 saturated carbocycles. The monoisotopic (exact) mass is 311 g/mol. The first-order chi connectivity index (χ1) is 9.87. The van der Waals surface area contributed by atoms with E-state index in [0.717, 1.165) is 5.56 Å². The zero-order chi connectivity index (χ0) is 15.6. The Labute approximate surface area is 125 Å². The molecule has 0 aliphatic carbocycles. The van der Waals surface area contributed by atoms with Gasteiger partial charge in [0.05, 0.1) is 4.90 Å². The van der Waals surface area contributed by atoms with Gasteiger partial charge in [0, 0.05) is 27.2 Å². The Morgan fingerprint density at radius 2 is 2.14 bits per heavy atom. The first kappa shape index (κ1) is 15.9. The van der Waals surface area contributed by atoms with Crippen LogP contribution in [0, 0.1) is 0 Å². The van der Waals surface area contributed by atoms with E-state index in [1.54, 1.807) is 38.4 Å². The van der Waals surface area contributed by atoms with Gasteiger partial charge in [-0.05, 0) is 30.5 Å². The van der Waals surface area contributed by atoms with Gasteiger partial charge in [-0.1, -0.05) is 12.1 Å². The number of likely N-dealkylation sites (N-methyl/N-ethyl adjacent to an activating group) is 1. The molecule has 0 aromatic heterocycles. The van der Waals surface area contributed by atoms with Crippen LogP contribution in [0.5, 0.6) is 0 Å². The van der Waals surface area contributed by atoms with Gasteiger partial charge in [-0.2, -0.15) is 4.31 Å². The highest BCUT2D eigenvalue weighted by Crippen LogP contribution is 2.27. The van der Waals surface area contributed by atoms with Crippen molar-refractivity contribution in [2.75, 3.05) is 20.6 Å². The van der Waals surface area contributed by atoms with E-state index < -0.39 is 16.1 Å². The van der Waals surface area contributed by atoms with Crippen LogP contribution in [0.1, 0.15) is 18.4 Å². The molecule has 7 heteroatoms. The molecule has 2 rings (SSSR count). The Morgan fingerprint density at radius 1 is 1.43 bits per heavy atom. The number of carbonyl (C=O) groups is 1. The van der Waals surface area contributed by atoms with E-state index in [-0.39, 0.29) is 17.3 Å². The SMILES string of the molecule is CN(C)C(=O)C1CCCN1S(=O)(=O)c1cccc(CN)c1. The summed E-state index contributed by atoms with van der Waals surface area (Å²) in [6.07, 6.45) is 1.26. The second-order valence-electron chi connectivity index (χ2n) is 5.36. The number of nitrogens with two attached hydrogens (primary N) is 1. The minimum Gasteiger partial charge on any atom is -0.347 e. The van der Waals surface area contributed by atoms with Crippen molar-refractivity contribution in [1.82, 2.24) is 9.21 Å². The topological polar surface area (TPSA) is 83.7 Å². The smallest absolute Gasteiger partial charge is 0.243 e. The van der Waals surface area contributed by atoms with E-state index >= 15 is 0 Å². The van der Waals surface area contributed by atoms with Gasteiger partial charge in [-0.25, -0.2) is 8.42 Å². The van der Waals surface area contributed by atoms with Crippen molar-refractivity contribution in [3.63, 3.8) is 0 Å². The summed E-state index contributed by atoms with van der Waals surface area (Å²) in [6.45, 7) is 0.656. The standard InChI is InChI=1S/C14H21N3O3S/c1-16(2)14(18)13-7-4-8-17(13)21(19,20)12-6-3-5-11(9-12)10-15/h3,5-6,9,13H,4,7-8,10,15H2,1-2H3. The van der Waals surface area contributed by atoms with Crippen molar-refractivity contribution in [1.29, 1.82) is 0 Å². The van der Waals surface area contributed by atoms with Crippen LogP contribution in [0.4, 0.5) is 0 Å². The average molecular weight is 311 g/mol. The fourth-order valence-electron chi connectivity index (χ4n) is 2.54. The third-order valence-electron chi connectivity index (χ3n) is 3.67. The summed E-state index contributed by atoms with van der Waals surface area (Å²) in [5, 5.41) is 0. The summed E-state index contributed by atoms with van der Waals surface area (Å²) in [4.78, 5) is 13.8. The Balaban J connectivity index is 2.36. The number of hydrogen-bond acceptors (Lipinski definition) is 4. The number of benzene rings is 1. The summed E-state index contributed by atoms with van der Waals surface area (Å²) in [6, 6.07) is 5.97. The second-order valence-corrected chi connectivity index (χ2v) is 7.25. The van der Waals surface area contributed by atoms with Gasteiger partial charge in [0.2, 0.25) is 15.9 Å². The third-order valence-corrected chi connectivity index (χ3v) is 5.57. The number of hydrogen-bond donors (Lipinski definition) is 1. The minimum atomic E-state index is -3.67. The maximum absolute atomic E-state index is 12.8. The zero-order valence-corrected chi connectivity index (χ0v) is 13.1. The molecule has 1 unspecified atom stereocenters. The fraction of sp³-hybridized carbons (Fsp3) is 0.500. The van der Waals surface area contributed by atoms with Gasteiger partial charge < -0.3 is 10.6 Å². The summed E-state index contributed by atoms with van der Waals surface area (Å²) in [5.74, 6) is -0.175. The van der Waals surface area contributed by atoms with E-state index in [1.807, 2.05) is 0 Å². The number of amides is 1. The molecule has 1 heterocycles. The minimum absolute atomic E-state index is 0.175. The Morgan fingerprint density at radius 3 is 2.76 bits per heavy atom. The molecule has 21 heavy (non-hydrogen) atoms. The third kappa shape index (κ3) is 3.09. The van der Waals surface area contributed by atoms with Gasteiger partial charge in [-0.3, -0.25) is 4.79 Å². The largest absolute Gasteiger partial charge is 0.347 e. The van der Waals surface area contributed by atoms with E-state index in [1.165, 1.54) is 9.21 Å². The quantitative estimate of drug-likeness (QED) is 0.871. The Hall–Kier alpha value is -1.44. The molecule has 0 radical (unpaired) electrons. The first-order valence-electron chi connectivity index (χ1n) is 6.90. The number of carbonyl (C=O) groups excluding carboxylic acids is 1. The molecular weight excluding hydrogens is 290 g/mol. The Bertz CT molecular complexity index is 628. The molecule has 1 fully saturated rings. The average Bonchev–Trinajstić information content (AvgIpc) is 2.96. The number of rotatable bonds is 4. The summed E-state index contributed by atoms with van der Waals surface area (Å²) < 4.78 is 26.8. The van der Waals surface area contributed by atoms with Gasteiger partial charge in [0.25, 0.3) is 0 Å².